The molecule has 0 saturated carbocycles. The van der Waals surface area contributed by atoms with Crippen LogP contribution in [0.15, 0.2) is 53.5 Å². The molecular formula is C20H20ClN3O2S. The highest BCUT2D eigenvalue weighted by Gasteiger charge is 2.31. The molecule has 2 aromatic carbocycles. The summed E-state index contributed by atoms with van der Waals surface area (Å²) in [5.74, 6) is -0.413. The van der Waals surface area contributed by atoms with E-state index in [9.17, 15) is 9.59 Å². The minimum atomic E-state index is -0.471. The van der Waals surface area contributed by atoms with E-state index in [0.29, 0.717) is 22.4 Å². The van der Waals surface area contributed by atoms with Crippen LogP contribution in [0.3, 0.4) is 0 Å². The molecule has 0 spiro atoms. The van der Waals surface area contributed by atoms with Gasteiger partial charge in [-0.25, -0.2) is 0 Å². The summed E-state index contributed by atoms with van der Waals surface area (Å²) < 4.78 is 0. The molecular weight excluding hydrogens is 382 g/mol. The zero-order valence-electron chi connectivity index (χ0n) is 14.9. The lowest BCUT2D eigenvalue weighted by Gasteiger charge is -2.08. The molecule has 0 aliphatic carbocycles. The number of nitrogens with zero attached hydrogens (tertiary/aromatic N) is 1. The summed E-state index contributed by atoms with van der Waals surface area (Å²) >= 11 is 7.37. The van der Waals surface area contributed by atoms with Gasteiger partial charge in [0, 0.05) is 23.7 Å². The molecule has 1 aliphatic heterocycles. The highest BCUT2D eigenvalue weighted by Crippen LogP contribution is 2.24. The minimum Gasteiger partial charge on any atom is -0.326 e. The van der Waals surface area contributed by atoms with Crippen molar-refractivity contribution in [3.63, 3.8) is 0 Å². The van der Waals surface area contributed by atoms with Crippen LogP contribution in [-0.4, -0.2) is 28.8 Å². The van der Waals surface area contributed by atoms with Crippen LogP contribution >= 0.6 is 23.4 Å². The number of thioether (sulfide) groups is 1. The lowest BCUT2D eigenvalue weighted by molar-refractivity contribution is -0.122. The van der Waals surface area contributed by atoms with Crippen LogP contribution in [0.2, 0.25) is 5.02 Å². The number of anilines is 1. The predicted molar refractivity (Wildman–Crippen MR) is 111 cm³/mol. The summed E-state index contributed by atoms with van der Waals surface area (Å²) in [6, 6.07) is 15.4. The van der Waals surface area contributed by atoms with Crippen LogP contribution in [0.1, 0.15) is 17.5 Å². The van der Waals surface area contributed by atoms with E-state index in [-0.39, 0.29) is 18.2 Å². The fourth-order valence-electron chi connectivity index (χ4n) is 2.60. The number of halogens is 1. The molecule has 1 heterocycles. The minimum absolute atomic E-state index is 0.0830. The monoisotopic (exact) mass is 401 g/mol. The van der Waals surface area contributed by atoms with Crippen molar-refractivity contribution in [3.8, 4) is 0 Å². The number of nitrogens with one attached hydrogen (secondary N) is 2. The van der Waals surface area contributed by atoms with E-state index in [0.717, 1.165) is 12.0 Å². The van der Waals surface area contributed by atoms with E-state index in [2.05, 4.69) is 15.6 Å². The van der Waals surface area contributed by atoms with Crippen molar-refractivity contribution in [1.29, 1.82) is 0 Å². The maximum Gasteiger partial charge on any atom is 0.240 e. The van der Waals surface area contributed by atoms with Crippen molar-refractivity contribution in [2.45, 2.75) is 25.0 Å². The van der Waals surface area contributed by atoms with Crippen molar-refractivity contribution in [2.75, 3.05) is 11.9 Å². The third kappa shape index (κ3) is 5.58. The molecule has 2 N–H and O–H groups in total. The molecule has 140 valence electrons. The number of hydrogen-bond donors (Lipinski definition) is 2. The van der Waals surface area contributed by atoms with Crippen molar-refractivity contribution in [2.24, 2.45) is 4.99 Å². The van der Waals surface area contributed by atoms with Gasteiger partial charge in [-0.2, -0.15) is 0 Å². The topological polar surface area (TPSA) is 70.6 Å². The third-order valence-electron chi connectivity index (χ3n) is 4.10. The van der Waals surface area contributed by atoms with Gasteiger partial charge in [0.2, 0.25) is 11.8 Å². The largest absolute Gasteiger partial charge is 0.326 e. The van der Waals surface area contributed by atoms with Crippen LogP contribution < -0.4 is 10.6 Å². The Morgan fingerprint density at radius 3 is 2.78 bits per heavy atom. The first-order chi connectivity index (χ1) is 13.0. The molecule has 2 amide bonds. The average Bonchev–Trinajstić information content (AvgIpc) is 2.98. The second-order valence-electron chi connectivity index (χ2n) is 6.23. The quantitative estimate of drug-likeness (QED) is 0.773. The standard InChI is InChI=1S/C20H20ClN3O2S/c1-13-7-8-15(11-16(13)21)23-18(25)12-17-19(26)24-20(27-17)22-10-9-14-5-3-2-4-6-14/h2-8,11,17H,9-10,12H2,1H3,(H,23,25)(H,22,24,26). The molecule has 1 unspecified atom stereocenters. The van der Waals surface area contributed by atoms with E-state index in [1.165, 1.54) is 17.3 Å². The van der Waals surface area contributed by atoms with Gasteiger partial charge in [-0.1, -0.05) is 59.8 Å². The molecule has 0 aromatic heterocycles. The van der Waals surface area contributed by atoms with Crippen LogP contribution in [0.4, 0.5) is 5.69 Å². The number of amides is 2. The Hall–Kier alpha value is -2.31. The highest BCUT2D eigenvalue weighted by atomic mass is 35.5. The number of amidine groups is 1. The van der Waals surface area contributed by atoms with Gasteiger partial charge in [-0.15, -0.1) is 0 Å². The molecule has 2 aromatic rings. The summed E-state index contributed by atoms with van der Waals surface area (Å²) in [5, 5.41) is 6.23. The number of benzene rings is 2. The second kappa shape index (κ2) is 9.06. The molecule has 1 saturated heterocycles. The normalized spacial score (nSPS) is 17.8. The first-order valence-electron chi connectivity index (χ1n) is 8.63. The number of aryl methyl sites for hydroxylation is 1. The van der Waals surface area contributed by atoms with Gasteiger partial charge < -0.3 is 10.6 Å². The fourth-order valence-corrected chi connectivity index (χ4v) is 3.77. The van der Waals surface area contributed by atoms with Gasteiger partial charge >= 0.3 is 0 Å². The smallest absolute Gasteiger partial charge is 0.240 e. The number of hydrogen-bond acceptors (Lipinski definition) is 4. The van der Waals surface area contributed by atoms with Gasteiger partial charge in [-0.3, -0.25) is 14.6 Å². The van der Waals surface area contributed by atoms with E-state index in [1.54, 1.807) is 12.1 Å². The summed E-state index contributed by atoms with van der Waals surface area (Å²) in [4.78, 5) is 28.7. The SMILES string of the molecule is Cc1ccc(NC(=O)CC2SC(=NCCc3ccccc3)NC2=O)cc1Cl. The van der Waals surface area contributed by atoms with E-state index in [1.807, 2.05) is 43.3 Å². The first kappa shape index (κ1) is 19.5. The summed E-state index contributed by atoms with van der Waals surface area (Å²) in [6.45, 7) is 2.49. The second-order valence-corrected chi connectivity index (χ2v) is 7.83. The van der Waals surface area contributed by atoms with Gasteiger partial charge in [0.15, 0.2) is 5.17 Å². The Morgan fingerprint density at radius 1 is 1.26 bits per heavy atom. The van der Waals surface area contributed by atoms with Gasteiger partial charge in [0.25, 0.3) is 0 Å². The summed E-state index contributed by atoms with van der Waals surface area (Å²) in [6.07, 6.45) is 0.889. The first-order valence-corrected chi connectivity index (χ1v) is 9.89. The lowest BCUT2D eigenvalue weighted by atomic mass is 10.2. The number of rotatable bonds is 6. The van der Waals surface area contributed by atoms with Crippen molar-refractivity contribution in [1.82, 2.24) is 5.32 Å². The molecule has 1 fully saturated rings. The Balaban J connectivity index is 1.50. The number of carbonyl (C=O) groups is 2. The van der Waals surface area contributed by atoms with Crippen LogP contribution in [-0.2, 0) is 16.0 Å². The summed E-state index contributed by atoms with van der Waals surface area (Å²) in [7, 11) is 0. The Morgan fingerprint density at radius 2 is 2.04 bits per heavy atom. The molecule has 7 heteroatoms. The van der Waals surface area contributed by atoms with Crippen molar-refractivity contribution in [3.05, 3.63) is 64.7 Å². The number of aliphatic imine (C=N–C) groups is 1. The molecule has 0 bridgehead atoms. The molecule has 1 aliphatic rings. The Bertz CT molecular complexity index is 871. The van der Waals surface area contributed by atoms with Gasteiger partial charge in [0.05, 0.1) is 0 Å². The fraction of sp³-hybridized carbons (Fsp3) is 0.250. The van der Waals surface area contributed by atoms with E-state index < -0.39 is 5.25 Å². The molecule has 0 radical (unpaired) electrons. The lowest BCUT2D eigenvalue weighted by Crippen LogP contribution is -2.28. The predicted octanol–water partition coefficient (Wildman–Crippen LogP) is 3.81. The van der Waals surface area contributed by atoms with Crippen LogP contribution in [0.25, 0.3) is 0 Å². The third-order valence-corrected chi connectivity index (χ3v) is 5.63. The number of carbonyl (C=O) groups excluding carboxylic acids is 2. The van der Waals surface area contributed by atoms with Crippen molar-refractivity contribution >= 4 is 46.0 Å². The Labute approximate surface area is 167 Å². The van der Waals surface area contributed by atoms with Gasteiger partial charge in [0.1, 0.15) is 5.25 Å². The molecule has 5 nitrogen and oxygen atoms in total. The van der Waals surface area contributed by atoms with Gasteiger partial charge in [-0.05, 0) is 36.6 Å². The maximum atomic E-state index is 12.2. The maximum absolute atomic E-state index is 12.2. The Kier molecular flexibility index (Phi) is 6.53. The zero-order valence-corrected chi connectivity index (χ0v) is 16.4. The molecule has 1 atom stereocenters. The zero-order chi connectivity index (χ0) is 19.2. The summed E-state index contributed by atoms with van der Waals surface area (Å²) in [5.41, 5.74) is 2.76. The van der Waals surface area contributed by atoms with Crippen LogP contribution in [0.5, 0.6) is 0 Å². The molecule has 27 heavy (non-hydrogen) atoms. The van der Waals surface area contributed by atoms with E-state index in [4.69, 9.17) is 11.6 Å². The van der Waals surface area contributed by atoms with E-state index >= 15 is 0 Å². The van der Waals surface area contributed by atoms with Crippen LogP contribution in [0, 0.1) is 6.92 Å². The highest BCUT2D eigenvalue weighted by molar-refractivity contribution is 8.15. The molecule has 3 rings (SSSR count). The van der Waals surface area contributed by atoms with Crippen molar-refractivity contribution < 1.29 is 9.59 Å². The average molecular weight is 402 g/mol.